The molecule has 1 aliphatic carbocycles. The summed E-state index contributed by atoms with van der Waals surface area (Å²) in [5.41, 5.74) is 3.26. The van der Waals surface area contributed by atoms with Crippen LogP contribution in [0.2, 0.25) is 5.02 Å². The second-order valence-corrected chi connectivity index (χ2v) is 5.09. The molecule has 3 rings (SSSR count). The molecule has 0 radical (unpaired) electrons. The van der Waals surface area contributed by atoms with E-state index >= 15 is 0 Å². The van der Waals surface area contributed by atoms with Crippen molar-refractivity contribution in [2.75, 3.05) is 0 Å². The maximum absolute atomic E-state index is 10.7. The van der Waals surface area contributed by atoms with Gasteiger partial charge in [-0.2, -0.15) is 0 Å². The molecule has 0 aliphatic heterocycles. The molecule has 0 spiro atoms. The number of carbonyl (C=O) groups excluding carboxylic acids is 1. The number of aryl methyl sites for hydroxylation is 2. The summed E-state index contributed by atoms with van der Waals surface area (Å²) >= 11 is 5.98. The quantitative estimate of drug-likeness (QED) is 0.773. The molecule has 2 nitrogen and oxygen atoms in total. The summed E-state index contributed by atoms with van der Waals surface area (Å²) in [7, 11) is 0. The van der Waals surface area contributed by atoms with E-state index < -0.39 is 0 Å². The zero-order valence-electron chi connectivity index (χ0n) is 10.4. The summed E-state index contributed by atoms with van der Waals surface area (Å²) in [5, 5.41) is 0.411. The molecule has 0 atom stereocenters. The molecular weight excluding hydrogens is 260 g/mol. The van der Waals surface area contributed by atoms with Crippen molar-refractivity contribution >= 4 is 17.9 Å². The van der Waals surface area contributed by atoms with Gasteiger partial charge in [0.2, 0.25) is 0 Å². The first-order valence-electron chi connectivity index (χ1n) is 6.30. The molecular formula is C16H13ClO2. The third kappa shape index (κ3) is 2.49. The Kier molecular flexibility index (Phi) is 3.26. The maximum atomic E-state index is 10.7. The van der Waals surface area contributed by atoms with Crippen LogP contribution in [0.4, 0.5) is 0 Å². The predicted octanol–water partition coefficient (Wildman–Crippen LogP) is 4.43. The Bertz CT molecular complexity index is 635. The van der Waals surface area contributed by atoms with Crippen molar-refractivity contribution in [3.8, 4) is 11.5 Å². The van der Waals surface area contributed by atoms with E-state index in [0.29, 0.717) is 16.3 Å². The summed E-state index contributed by atoms with van der Waals surface area (Å²) < 4.78 is 5.78. The molecule has 1 aliphatic rings. The smallest absolute Gasteiger partial charge is 0.151 e. The molecule has 0 unspecified atom stereocenters. The maximum Gasteiger partial charge on any atom is 0.151 e. The van der Waals surface area contributed by atoms with E-state index in [9.17, 15) is 4.79 Å². The lowest BCUT2D eigenvalue weighted by Gasteiger charge is -2.08. The lowest BCUT2D eigenvalue weighted by atomic mass is 10.1. The van der Waals surface area contributed by atoms with Gasteiger partial charge in [0.05, 0.1) is 5.02 Å². The first-order valence-corrected chi connectivity index (χ1v) is 6.68. The molecule has 0 bridgehead atoms. The van der Waals surface area contributed by atoms with Gasteiger partial charge >= 0.3 is 0 Å². The molecule has 0 aromatic heterocycles. The predicted molar refractivity (Wildman–Crippen MR) is 75.4 cm³/mol. The number of aldehydes is 1. The molecule has 2 aromatic rings. The Morgan fingerprint density at radius 3 is 2.53 bits per heavy atom. The second kappa shape index (κ2) is 5.06. The first kappa shape index (κ1) is 12.2. The van der Waals surface area contributed by atoms with E-state index in [1.165, 1.54) is 17.5 Å². The highest BCUT2D eigenvalue weighted by atomic mass is 35.5. The fourth-order valence-electron chi connectivity index (χ4n) is 2.41. The Morgan fingerprint density at radius 1 is 1.00 bits per heavy atom. The van der Waals surface area contributed by atoms with Crippen LogP contribution in [0.15, 0.2) is 36.4 Å². The van der Waals surface area contributed by atoms with E-state index in [-0.39, 0.29) is 0 Å². The molecule has 0 N–H and O–H groups in total. The van der Waals surface area contributed by atoms with Crippen molar-refractivity contribution in [3.05, 3.63) is 58.1 Å². The van der Waals surface area contributed by atoms with Gasteiger partial charge < -0.3 is 4.74 Å². The largest absolute Gasteiger partial charge is 0.457 e. The third-order valence-electron chi connectivity index (χ3n) is 3.40. The zero-order chi connectivity index (χ0) is 13.2. The average Bonchev–Trinajstić information content (AvgIpc) is 2.86. The van der Waals surface area contributed by atoms with Crippen LogP contribution >= 0.6 is 11.6 Å². The number of hydrogen-bond donors (Lipinski definition) is 0. The van der Waals surface area contributed by atoms with Crippen LogP contribution in [0.5, 0.6) is 11.5 Å². The van der Waals surface area contributed by atoms with Crippen molar-refractivity contribution < 1.29 is 9.53 Å². The van der Waals surface area contributed by atoms with Crippen LogP contribution in [-0.4, -0.2) is 6.29 Å². The van der Waals surface area contributed by atoms with E-state index in [4.69, 9.17) is 16.3 Å². The standard InChI is InChI=1S/C16H13ClO2/c17-16-9-15(7-5-13(16)10-18)19-14-6-4-11-2-1-3-12(11)8-14/h4-10H,1-3H2. The van der Waals surface area contributed by atoms with Crippen LogP contribution in [0, 0.1) is 0 Å². The Hall–Kier alpha value is -1.80. The summed E-state index contributed by atoms with van der Waals surface area (Å²) in [6.07, 6.45) is 4.24. The molecule has 0 saturated carbocycles. The van der Waals surface area contributed by atoms with Crippen LogP contribution in [0.3, 0.4) is 0 Å². The molecule has 0 amide bonds. The SMILES string of the molecule is O=Cc1ccc(Oc2ccc3c(c2)CCC3)cc1Cl. The fourth-order valence-corrected chi connectivity index (χ4v) is 2.63. The molecule has 96 valence electrons. The van der Waals surface area contributed by atoms with Crippen molar-refractivity contribution in [2.24, 2.45) is 0 Å². The van der Waals surface area contributed by atoms with Gasteiger partial charge in [-0.15, -0.1) is 0 Å². The Balaban J connectivity index is 1.85. The van der Waals surface area contributed by atoms with Gasteiger partial charge in [0.1, 0.15) is 11.5 Å². The van der Waals surface area contributed by atoms with E-state index in [1.54, 1.807) is 18.2 Å². The lowest BCUT2D eigenvalue weighted by molar-refractivity contribution is 0.112. The number of fused-ring (bicyclic) bond motifs is 1. The van der Waals surface area contributed by atoms with Gasteiger partial charge in [-0.05, 0) is 54.7 Å². The van der Waals surface area contributed by atoms with Gasteiger partial charge in [0.25, 0.3) is 0 Å². The monoisotopic (exact) mass is 272 g/mol. The molecule has 2 aromatic carbocycles. The minimum Gasteiger partial charge on any atom is -0.457 e. The normalized spacial score (nSPS) is 13.1. The van der Waals surface area contributed by atoms with Crippen molar-refractivity contribution in [1.82, 2.24) is 0 Å². The minimum atomic E-state index is 0.411. The van der Waals surface area contributed by atoms with Crippen LogP contribution in [-0.2, 0) is 12.8 Å². The summed E-state index contributed by atoms with van der Waals surface area (Å²) in [6, 6.07) is 11.3. The topological polar surface area (TPSA) is 26.3 Å². The van der Waals surface area contributed by atoms with Gasteiger partial charge in [-0.3, -0.25) is 4.79 Å². The summed E-state index contributed by atoms with van der Waals surface area (Å²) in [4.78, 5) is 10.7. The highest BCUT2D eigenvalue weighted by Crippen LogP contribution is 2.30. The molecule has 0 fully saturated rings. The minimum absolute atomic E-state index is 0.411. The third-order valence-corrected chi connectivity index (χ3v) is 3.73. The van der Waals surface area contributed by atoms with Crippen LogP contribution in [0.25, 0.3) is 0 Å². The van der Waals surface area contributed by atoms with Crippen molar-refractivity contribution in [2.45, 2.75) is 19.3 Å². The first-order chi connectivity index (χ1) is 9.26. The van der Waals surface area contributed by atoms with Crippen molar-refractivity contribution in [3.63, 3.8) is 0 Å². The van der Waals surface area contributed by atoms with Gasteiger partial charge in [0, 0.05) is 11.6 Å². The molecule has 19 heavy (non-hydrogen) atoms. The summed E-state index contributed by atoms with van der Waals surface area (Å²) in [6.45, 7) is 0. The van der Waals surface area contributed by atoms with Gasteiger partial charge in [0.15, 0.2) is 6.29 Å². The fraction of sp³-hybridized carbons (Fsp3) is 0.188. The van der Waals surface area contributed by atoms with E-state index in [2.05, 4.69) is 12.1 Å². The van der Waals surface area contributed by atoms with Crippen LogP contribution in [0.1, 0.15) is 27.9 Å². The van der Waals surface area contributed by atoms with Gasteiger partial charge in [-0.1, -0.05) is 17.7 Å². The molecule has 0 heterocycles. The van der Waals surface area contributed by atoms with E-state index in [1.807, 2.05) is 6.07 Å². The number of rotatable bonds is 3. The van der Waals surface area contributed by atoms with Crippen LogP contribution < -0.4 is 4.74 Å². The number of carbonyl (C=O) groups is 1. The Morgan fingerprint density at radius 2 is 1.74 bits per heavy atom. The molecule has 3 heteroatoms. The lowest BCUT2D eigenvalue weighted by Crippen LogP contribution is -1.89. The van der Waals surface area contributed by atoms with Crippen molar-refractivity contribution in [1.29, 1.82) is 0 Å². The second-order valence-electron chi connectivity index (χ2n) is 4.69. The number of benzene rings is 2. The van der Waals surface area contributed by atoms with Gasteiger partial charge in [-0.25, -0.2) is 0 Å². The van der Waals surface area contributed by atoms with E-state index in [0.717, 1.165) is 24.9 Å². The number of ether oxygens (including phenoxy) is 1. The Labute approximate surface area is 117 Å². The number of hydrogen-bond acceptors (Lipinski definition) is 2. The molecule has 0 saturated heterocycles. The zero-order valence-corrected chi connectivity index (χ0v) is 11.1. The average molecular weight is 273 g/mol. The highest BCUT2D eigenvalue weighted by molar-refractivity contribution is 6.33. The number of halogens is 1. The highest BCUT2D eigenvalue weighted by Gasteiger charge is 2.11. The summed E-state index contributed by atoms with van der Waals surface area (Å²) in [5.74, 6) is 1.46.